The van der Waals surface area contributed by atoms with E-state index in [4.69, 9.17) is 0 Å². The van der Waals surface area contributed by atoms with E-state index >= 15 is 0 Å². The highest BCUT2D eigenvalue weighted by atomic mass is 35.6. The minimum absolute atomic E-state index is 3.19. The average molecular weight is 174 g/mol. The first-order valence-corrected chi connectivity index (χ1v) is 1.85. The molecular weight excluding hydrogens is 174 g/mol. The van der Waals surface area contributed by atoms with Gasteiger partial charge in [-0.1, -0.05) is 0 Å². The lowest BCUT2D eigenvalue weighted by Crippen LogP contribution is -1.15. The number of hydrogen-bond donors (Lipinski definition) is 0. The highest BCUT2D eigenvalue weighted by Gasteiger charge is 1.38. The minimum Gasteiger partial charge on any atom is -0.166 e. The first-order valence-electron chi connectivity index (χ1n) is 0.617. The lowest BCUT2D eigenvalue weighted by molar-refractivity contribution is 0.697. The molecule has 0 saturated heterocycles. The highest BCUT2D eigenvalue weighted by Crippen LogP contribution is 1.78. The summed E-state index contributed by atoms with van der Waals surface area (Å²) in [5.74, 6) is 0. The molecule has 40 valence electrons. The second kappa shape index (κ2) is 16.5. The molecule has 0 aliphatic rings. The lowest BCUT2D eigenvalue weighted by atomic mass is 15.9. The lowest BCUT2D eigenvalue weighted by Gasteiger charge is -1.46. The van der Waals surface area contributed by atoms with Crippen molar-refractivity contribution in [3.63, 3.8) is 0 Å². The van der Waals surface area contributed by atoms with Gasteiger partial charge < -0.3 is 0 Å². The molecular formula is Cl4O2. The predicted molar refractivity (Wildman–Crippen MR) is 25.6 cm³/mol. The third-order valence-electron chi connectivity index (χ3n) is 0. The maximum atomic E-state index is 4.26. The summed E-state index contributed by atoms with van der Waals surface area (Å²) in [4.78, 5) is 0. The van der Waals surface area contributed by atoms with E-state index in [2.05, 4.69) is 55.1 Å². The van der Waals surface area contributed by atoms with E-state index in [9.17, 15) is 0 Å². The van der Waals surface area contributed by atoms with Crippen LogP contribution in [-0.4, -0.2) is 0 Å². The van der Waals surface area contributed by atoms with Gasteiger partial charge in [-0.2, -0.15) is 7.68 Å². The fourth-order valence-corrected chi connectivity index (χ4v) is 0. The third kappa shape index (κ3) is 72.5. The molecule has 0 fully saturated rings. The van der Waals surface area contributed by atoms with Crippen LogP contribution in [0.4, 0.5) is 0 Å². The van der Waals surface area contributed by atoms with Gasteiger partial charge in [0.15, 0.2) is 0 Å². The van der Waals surface area contributed by atoms with Crippen molar-refractivity contribution >= 4 is 47.5 Å². The smallest absolute Gasteiger partial charge is 0.0832 e. The maximum Gasteiger partial charge on any atom is 0.0832 e. The summed E-state index contributed by atoms with van der Waals surface area (Å²) in [6, 6.07) is 0. The van der Waals surface area contributed by atoms with Crippen molar-refractivity contribution in [2.75, 3.05) is 0 Å². The Hall–Kier alpha value is 1.08. The van der Waals surface area contributed by atoms with Crippen molar-refractivity contribution in [1.82, 2.24) is 0 Å². The number of halogens is 4. The van der Waals surface area contributed by atoms with Gasteiger partial charge in [-0.15, -0.1) is 0 Å². The van der Waals surface area contributed by atoms with Crippen LogP contribution < -0.4 is 0 Å². The minimum atomic E-state index is 3.19. The van der Waals surface area contributed by atoms with Crippen molar-refractivity contribution in [2.45, 2.75) is 0 Å². The van der Waals surface area contributed by atoms with E-state index in [0.29, 0.717) is 0 Å². The second-order valence-electron chi connectivity index (χ2n) is 0.117. The summed E-state index contributed by atoms with van der Waals surface area (Å²) in [7, 11) is 0. The molecule has 0 aromatic rings. The van der Waals surface area contributed by atoms with Crippen LogP contribution in [0.3, 0.4) is 0 Å². The van der Waals surface area contributed by atoms with Gasteiger partial charge in [0.1, 0.15) is 0 Å². The van der Waals surface area contributed by atoms with Crippen molar-refractivity contribution < 1.29 is 7.68 Å². The first kappa shape index (κ1) is 10.1. The normalized spacial score (nSPS) is 6.00. The first-order chi connectivity index (χ1) is 2.83. The Labute approximate surface area is 55.5 Å². The molecule has 0 rings (SSSR count). The van der Waals surface area contributed by atoms with Crippen LogP contribution >= 0.6 is 47.5 Å². The maximum absolute atomic E-state index is 4.26. The molecule has 0 bridgehead atoms. The zero-order chi connectivity index (χ0) is 5.41. The molecule has 0 saturated carbocycles. The van der Waals surface area contributed by atoms with Crippen LogP contribution in [0.1, 0.15) is 0 Å². The van der Waals surface area contributed by atoms with Crippen molar-refractivity contribution in [3.05, 3.63) is 0 Å². The zero-order valence-electron chi connectivity index (χ0n) is 2.33. The van der Waals surface area contributed by atoms with Gasteiger partial charge in [0, 0.05) is 0 Å². The molecule has 0 spiro atoms. The molecule has 0 aromatic heterocycles. The Kier molecular flexibility index (Phi) is 28.0. The van der Waals surface area contributed by atoms with Crippen LogP contribution in [0.15, 0.2) is 0 Å². The molecule has 0 aromatic carbocycles. The fraction of sp³-hybridized carbons (Fsp3) is 0. The Bertz CT molecular complexity index is 7.51. The summed E-state index contributed by atoms with van der Waals surface area (Å²) in [6.07, 6.45) is 0. The molecule has 6 heteroatoms. The van der Waals surface area contributed by atoms with E-state index in [0.717, 1.165) is 0 Å². The highest BCUT2D eigenvalue weighted by molar-refractivity contribution is 6.24. The molecule has 0 N–H and O–H groups in total. The van der Waals surface area contributed by atoms with Crippen LogP contribution in [0.2, 0.25) is 0 Å². The van der Waals surface area contributed by atoms with Gasteiger partial charge >= 0.3 is 0 Å². The number of rotatable bonds is 0. The molecule has 0 heterocycles. The Morgan fingerprint density at radius 1 is 0.667 bits per heavy atom. The number of hydrogen-bond acceptors (Lipinski definition) is 2. The van der Waals surface area contributed by atoms with E-state index in [-0.39, 0.29) is 0 Å². The van der Waals surface area contributed by atoms with Gasteiger partial charge in [-0.25, -0.2) is 0 Å². The van der Waals surface area contributed by atoms with Gasteiger partial charge in [0.2, 0.25) is 0 Å². The third-order valence-corrected chi connectivity index (χ3v) is 0. The van der Waals surface area contributed by atoms with Gasteiger partial charge in [0.25, 0.3) is 0 Å². The summed E-state index contributed by atoms with van der Waals surface area (Å²) in [6.45, 7) is 0. The Balaban J connectivity index is 0. The molecule has 0 amide bonds. The summed E-state index contributed by atoms with van der Waals surface area (Å²) in [5, 5.41) is 0. The zero-order valence-corrected chi connectivity index (χ0v) is 5.35. The van der Waals surface area contributed by atoms with Gasteiger partial charge in [-0.3, -0.25) is 0 Å². The molecule has 0 aliphatic heterocycles. The molecule has 2 nitrogen and oxygen atoms in total. The Morgan fingerprint density at radius 2 is 0.667 bits per heavy atom. The SMILES string of the molecule is ClOCl.ClOCl. The largest absolute Gasteiger partial charge is 0.166 e. The van der Waals surface area contributed by atoms with E-state index in [1.807, 2.05) is 0 Å². The summed E-state index contributed by atoms with van der Waals surface area (Å²) in [5.41, 5.74) is 0. The van der Waals surface area contributed by atoms with Crippen molar-refractivity contribution in [1.29, 1.82) is 0 Å². The molecule has 0 unspecified atom stereocenters. The molecule has 0 radical (unpaired) electrons. The average Bonchev–Trinajstić information content (AvgIpc) is 1.39. The van der Waals surface area contributed by atoms with E-state index < -0.39 is 0 Å². The summed E-state index contributed by atoms with van der Waals surface area (Å²) < 4.78 is 6.39. The van der Waals surface area contributed by atoms with Gasteiger partial charge in [-0.05, 0) is 0 Å². The molecule has 0 aliphatic carbocycles. The van der Waals surface area contributed by atoms with Crippen molar-refractivity contribution in [3.8, 4) is 0 Å². The monoisotopic (exact) mass is 172 g/mol. The van der Waals surface area contributed by atoms with Crippen LogP contribution in [0.25, 0.3) is 0 Å². The predicted octanol–water partition coefficient (Wildman–Crippen LogP) is 2.62. The summed E-state index contributed by atoms with van der Waals surface area (Å²) >= 11 is 17.1. The van der Waals surface area contributed by atoms with E-state index in [1.165, 1.54) is 0 Å². The fourth-order valence-electron chi connectivity index (χ4n) is 0. The van der Waals surface area contributed by atoms with Crippen molar-refractivity contribution in [2.24, 2.45) is 0 Å². The molecule has 6 heavy (non-hydrogen) atoms. The van der Waals surface area contributed by atoms with E-state index in [1.54, 1.807) is 0 Å². The second-order valence-corrected chi connectivity index (χ2v) is 1.05. The van der Waals surface area contributed by atoms with Gasteiger partial charge in [0.05, 0.1) is 47.5 Å². The quantitative estimate of drug-likeness (QED) is 0.561. The van der Waals surface area contributed by atoms with Crippen LogP contribution in [0, 0.1) is 0 Å². The van der Waals surface area contributed by atoms with Crippen LogP contribution in [-0.2, 0) is 7.68 Å². The van der Waals surface area contributed by atoms with Crippen LogP contribution in [0.5, 0.6) is 0 Å². The topological polar surface area (TPSA) is 18.5 Å². The Morgan fingerprint density at radius 3 is 0.667 bits per heavy atom. The molecule has 0 atom stereocenters. The standard InChI is InChI=1S/2Cl2O/c2*1-3-2.